The Balaban J connectivity index is 1.31. The van der Waals surface area contributed by atoms with E-state index in [0.717, 1.165) is 54.5 Å². The number of amides is 1. The molecule has 0 atom stereocenters. The van der Waals surface area contributed by atoms with E-state index in [-0.39, 0.29) is 5.91 Å². The summed E-state index contributed by atoms with van der Waals surface area (Å²) in [5.74, 6) is 0.145. The van der Waals surface area contributed by atoms with Gasteiger partial charge >= 0.3 is 0 Å². The summed E-state index contributed by atoms with van der Waals surface area (Å²) in [7, 11) is 0. The third-order valence-electron chi connectivity index (χ3n) is 6.64. The standard InChI is InChI=1S/C29H26N4OS/c34-29(26-12-7-19-35-26)32-17-15-31(16-18-32)21-25-28(23-10-5-2-6-11-23)30-27-14-13-24(20-33(25)27)22-8-3-1-4-9-22/h1-14,19-20H,15-18,21H2. The molecule has 2 aromatic carbocycles. The normalized spacial score (nSPS) is 14.5. The van der Waals surface area contributed by atoms with Gasteiger partial charge in [-0.3, -0.25) is 9.69 Å². The lowest BCUT2D eigenvalue weighted by atomic mass is 10.1. The maximum atomic E-state index is 12.8. The number of thiophene rings is 1. The number of rotatable bonds is 5. The lowest BCUT2D eigenvalue weighted by Gasteiger charge is -2.34. The van der Waals surface area contributed by atoms with Crippen LogP contribution in [0.5, 0.6) is 0 Å². The summed E-state index contributed by atoms with van der Waals surface area (Å²) in [5.41, 5.74) is 6.64. The predicted octanol–water partition coefficient (Wildman–Crippen LogP) is 5.69. The van der Waals surface area contributed by atoms with Crippen LogP contribution >= 0.6 is 11.3 Å². The number of benzene rings is 2. The van der Waals surface area contributed by atoms with Crippen LogP contribution in [0.25, 0.3) is 28.0 Å². The van der Waals surface area contributed by atoms with Crippen molar-refractivity contribution in [1.29, 1.82) is 0 Å². The molecular formula is C29H26N4OS. The summed E-state index contributed by atoms with van der Waals surface area (Å²) in [5, 5.41) is 1.96. The third-order valence-corrected chi connectivity index (χ3v) is 7.49. The molecule has 0 saturated carbocycles. The van der Waals surface area contributed by atoms with Gasteiger partial charge in [0.1, 0.15) is 5.65 Å². The van der Waals surface area contributed by atoms with Crippen LogP contribution in [0.1, 0.15) is 15.4 Å². The molecule has 6 heteroatoms. The second-order valence-electron chi connectivity index (χ2n) is 8.83. The number of imidazole rings is 1. The molecule has 0 N–H and O–H groups in total. The first kappa shape index (κ1) is 21.8. The fourth-order valence-corrected chi connectivity index (χ4v) is 5.44. The minimum absolute atomic E-state index is 0.145. The second-order valence-corrected chi connectivity index (χ2v) is 9.78. The van der Waals surface area contributed by atoms with E-state index < -0.39 is 0 Å². The number of carbonyl (C=O) groups excluding carboxylic acids is 1. The molecule has 6 rings (SSSR count). The molecule has 1 saturated heterocycles. The molecule has 5 nitrogen and oxygen atoms in total. The van der Waals surface area contributed by atoms with E-state index in [9.17, 15) is 4.79 Å². The minimum atomic E-state index is 0.145. The number of piperazine rings is 1. The van der Waals surface area contributed by atoms with Gasteiger partial charge < -0.3 is 9.30 Å². The first-order valence-corrected chi connectivity index (χ1v) is 12.8. The van der Waals surface area contributed by atoms with Crippen molar-refractivity contribution in [1.82, 2.24) is 19.2 Å². The zero-order valence-electron chi connectivity index (χ0n) is 19.4. The van der Waals surface area contributed by atoms with E-state index in [2.05, 4.69) is 76.2 Å². The Bertz CT molecular complexity index is 1440. The van der Waals surface area contributed by atoms with E-state index in [1.54, 1.807) is 0 Å². The zero-order valence-corrected chi connectivity index (χ0v) is 20.2. The second kappa shape index (κ2) is 9.49. The Hall–Kier alpha value is -3.74. The molecule has 1 amide bonds. The summed E-state index contributed by atoms with van der Waals surface area (Å²) in [6.45, 7) is 3.95. The molecular weight excluding hydrogens is 452 g/mol. The SMILES string of the molecule is O=C(c1cccs1)N1CCN(Cc2c(-c3ccccc3)nc3ccc(-c4ccccc4)cn23)CC1. The molecule has 35 heavy (non-hydrogen) atoms. The number of hydrogen-bond donors (Lipinski definition) is 0. The average molecular weight is 479 g/mol. The fraction of sp³-hybridized carbons (Fsp3) is 0.172. The van der Waals surface area contributed by atoms with Crippen LogP contribution in [0.3, 0.4) is 0 Å². The van der Waals surface area contributed by atoms with Gasteiger partial charge in [0.15, 0.2) is 0 Å². The number of aromatic nitrogens is 2. The van der Waals surface area contributed by atoms with Gasteiger partial charge in [0.2, 0.25) is 0 Å². The highest BCUT2D eigenvalue weighted by Crippen LogP contribution is 2.28. The number of pyridine rings is 1. The van der Waals surface area contributed by atoms with Crippen molar-refractivity contribution in [3.05, 3.63) is 107 Å². The molecule has 0 aliphatic carbocycles. The first-order valence-electron chi connectivity index (χ1n) is 11.9. The molecule has 1 fully saturated rings. The van der Waals surface area contributed by atoms with E-state index in [4.69, 9.17) is 4.98 Å². The quantitative estimate of drug-likeness (QED) is 0.326. The van der Waals surface area contributed by atoms with E-state index in [0.29, 0.717) is 0 Å². The van der Waals surface area contributed by atoms with Crippen molar-refractivity contribution < 1.29 is 4.79 Å². The Kier molecular flexibility index (Phi) is 5.90. The van der Waals surface area contributed by atoms with Gasteiger partial charge in [-0.1, -0.05) is 66.7 Å². The van der Waals surface area contributed by atoms with Gasteiger partial charge in [-0.15, -0.1) is 11.3 Å². The van der Waals surface area contributed by atoms with Crippen molar-refractivity contribution in [2.45, 2.75) is 6.54 Å². The highest BCUT2D eigenvalue weighted by atomic mass is 32.1. The van der Waals surface area contributed by atoms with E-state index in [1.807, 2.05) is 34.5 Å². The van der Waals surface area contributed by atoms with Crippen molar-refractivity contribution in [2.75, 3.05) is 26.2 Å². The summed E-state index contributed by atoms with van der Waals surface area (Å²) in [4.78, 5) is 23.0. The van der Waals surface area contributed by atoms with Crippen LogP contribution in [-0.2, 0) is 6.54 Å². The summed E-state index contributed by atoms with van der Waals surface area (Å²) in [6, 6.07) is 29.0. The largest absolute Gasteiger partial charge is 0.335 e. The minimum Gasteiger partial charge on any atom is -0.335 e. The van der Waals surface area contributed by atoms with Gasteiger partial charge in [0, 0.05) is 44.5 Å². The predicted molar refractivity (Wildman–Crippen MR) is 142 cm³/mol. The fourth-order valence-electron chi connectivity index (χ4n) is 4.75. The maximum absolute atomic E-state index is 12.8. The molecule has 5 aromatic rings. The molecule has 0 bridgehead atoms. The van der Waals surface area contributed by atoms with E-state index in [1.165, 1.54) is 28.2 Å². The highest BCUT2D eigenvalue weighted by Gasteiger charge is 2.25. The lowest BCUT2D eigenvalue weighted by molar-refractivity contribution is 0.0631. The molecule has 0 spiro atoms. The van der Waals surface area contributed by atoms with Crippen LogP contribution in [0.15, 0.2) is 96.5 Å². The molecule has 4 heterocycles. The van der Waals surface area contributed by atoms with Crippen LogP contribution < -0.4 is 0 Å². The number of hydrogen-bond acceptors (Lipinski definition) is 4. The summed E-state index contributed by atoms with van der Waals surface area (Å²) >= 11 is 1.51. The molecule has 3 aromatic heterocycles. The van der Waals surface area contributed by atoms with Gasteiger partial charge in [0.05, 0.1) is 16.3 Å². The maximum Gasteiger partial charge on any atom is 0.264 e. The van der Waals surface area contributed by atoms with E-state index >= 15 is 0 Å². The van der Waals surface area contributed by atoms with Crippen molar-refractivity contribution in [3.63, 3.8) is 0 Å². The van der Waals surface area contributed by atoms with Gasteiger partial charge in [-0.2, -0.15) is 0 Å². The average Bonchev–Trinajstić information content (AvgIpc) is 3.58. The number of fused-ring (bicyclic) bond motifs is 1. The Morgan fingerprint density at radius 2 is 1.49 bits per heavy atom. The molecule has 0 radical (unpaired) electrons. The highest BCUT2D eigenvalue weighted by molar-refractivity contribution is 7.12. The van der Waals surface area contributed by atoms with Crippen LogP contribution in [-0.4, -0.2) is 51.3 Å². The Morgan fingerprint density at radius 3 is 2.17 bits per heavy atom. The van der Waals surface area contributed by atoms with Gasteiger partial charge in [0.25, 0.3) is 5.91 Å². The first-order chi connectivity index (χ1) is 17.3. The Morgan fingerprint density at radius 1 is 0.771 bits per heavy atom. The van der Waals surface area contributed by atoms with Gasteiger partial charge in [-0.05, 0) is 34.7 Å². The smallest absolute Gasteiger partial charge is 0.264 e. The van der Waals surface area contributed by atoms with Crippen molar-refractivity contribution in [3.8, 4) is 22.4 Å². The van der Waals surface area contributed by atoms with Crippen LogP contribution in [0.2, 0.25) is 0 Å². The number of nitrogens with zero attached hydrogens (tertiary/aromatic N) is 4. The molecule has 174 valence electrons. The molecule has 1 aliphatic heterocycles. The topological polar surface area (TPSA) is 40.9 Å². The van der Waals surface area contributed by atoms with Crippen molar-refractivity contribution >= 4 is 22.9 Å². The summed E-state index contributed by atoms with van der Waals surface area (Å²) in [6.07, 6.45) is 2.20. The monoisotopic (exact) mass is 478 g/mol. The summed E-state index contributed by atoms with van der Waals surface area (Å²) < 4.78 is 2.24. The molecule has 0 unspecified atom stereocenters. The lowest BCUT2D eigenvalue weighted by Crippen LogP contribution is -2.48. The molecule has 1 aliphatic rings. The van der Waals surface area contributed by atoms with Gasteiger partial charge in [-0.25, -0.2) is 4.98 Å². The van der Waals surface area contributed by atoms with Crippen molar-refractivity contribution in [2.24, 2.45) is 0 Å². The van der Waals surface area contributed by atoms with Crippen LogP contribution in [0.4, 0.5) is 0 Å². The third kappa shape index (κ3) is 4.38. The zero-order chi connectivity index (χ0) is 23.6. The Labute approximate surface area is 208 Å². The van der Waals surface area contributed by atoms with Crippen LogP contribution in [0, 0.1) is 0 Å². The number of carbonyl (C=O) groups is 1.